The van der Waals surface area contributed by atoms with Gasteiger partial charge in [-0.15, -0.1) is 0 Å². The lowest BCUT2D eigenvalue weighted by Gasteiger charge is -2.35. The molecule has 1 aromatic heterocycles. The zero-order chi connectivity index (χ0) is 13.9. The number of rotatable bonds is 3. The number of nitrogens with zero attached hydrogens (tertiary/aromatic N) is 1. The molecule has 3 heteroatoms. The smallest absolute Gasteiger partial charge is 0.227 e. The highest BCUT2D eigenvalue weighted by Gasteiger charge is 2.25. The highest BCUT2D eigenvalue weighted by Crippen LogP contribution is 2.21. The molecule has 0 radical (unpaired) electrons. The van der Waals surface area contributed by atoms with Crippen LogP contribution in [0, 0.1) is 0 Å². The summed E-state index contributed by atoms with van der Waals surface area (Å²) in [5.41, 5.74) is 2.24. The second-order valence-electron chi connectivity index (χ2n) is 5.72. The normalized spacial score (nSPS) is 19.4. The van der Waals surface area contributed by atoms with Crippen molar-refractivity contribution in [2.24, 2.45) is 0 Å². The second-order valence-corrected chi connectivity index (χ2v) is 5.72. The Balaban J connectivity index is 1.73. The van der Waals surface area contributed by atoms with E-state index in [-0.39, 0.29) is 5.91 Å². The van der Waals surface area contributed by atoms with Gasteiger partial charge in [0.2, 0.25) is 5.91 Å². The molecule has 3 nitrogen and oxygen atoms in total. The van der Waals surface area contributed by atoms with Crippen LogP contribution in [-0.2, 0) is 11.2 Å². The molecule has 2 aromatic rings. The summed E-state index contributed by atoms with van der Waals surface area (Å²) in [4.78, 5) is 17.8. The molecule has 1 aliphatic rings. The molecular weight excluding hydrogens is 248 g/mol. The molecule has 1 saturated heterocycles. The Kier molecular flexibility index (Phi) is 3.77. The van der Waals surface area contributed by atoms with Gasteiger partial charge in [0.15, 0.2) is 0 Å². The van der Waals surface area contributed by atoms with Crippen molar-refractivity contribution < 1.29 is 4.79 Å². The van der Waals surface area contributed by atoms with Gasteiger partial charge in [0.25, 0.3) is 0 Å². The van der Waals surface area contributed by atoms with Gasteiger partial charge < -0.3 is 9.88 Å². The van der Waals surface area contributed by atoms with Gasteiger partial charge in [0.1, 0.15) is 0 Å². The van der Waals surface area contributed by atoms with Crippen LogP contribution < -0.4 is 0 Å². The number of aromatic amines is 1. The molecule has 1 atom stereocenters. The van der Waals surface area contributed by atoms with E-state index in [9.17, 15) is 4.79 Å². The average molecular weight is 270 g/mol. The van der Waals surface area contributed by atoms with Crippen LogP contribution in [-0.4, -0.2) is 28.4 Å². The number of amides is 1. The number of benzene rings is 1. The van der Waals surface area contributed by atoms with Crippen molar-refractivity contribution in [2.45, 2.75) is 45.1 Å². The van der Waals surface area contributed by atoms with E-state index in [2.05, 4.69) is 41.1 Å². The third kappa shape index (κ3) is 2.58. The number of nitrogens with one attached hydrogen (secondary N) is 1. The largest absolute Gasteiger partial charge is 0.361 e. The van der Waals surface area contributed by atoms with E-state index in [0.717, 1.165) is 30.5 Å². The van der Waals surface area contributed by atoms with Crippen LogP contribution >= 0.6 is 0 Å². The van der Waals surface area contributed by atoms with Crippen molar-refractivity contribution in [2.75, 3.05) is 6.54 Å². The first-order valence-corrected chi connectivity index (χ1v) is 7.63. The molecular formula is C17H22N2O. The van der Waals surface area contributed by atoms with E-state index in [1.54, 1.807) is 0 Å². The van der Waals surface area contributed by atoms with E-state index < -0.39 is 0 Å². The molecule has 0 saturated carbocycles. The molecule has 1 unspecified atom stereocenters. The summed E-state index contributed by atoms with van der Waals surface area (Å²) in [6, 6.07) is 8.74. The number of aromatic nitrogens is 1. The zero-order valence-electron chi connectivity index (χ0n) is 12.1. The maximum absolute atomic E-state index is 12.5. The molecule has 20 heavy (non-hydrogen) atoms. The Labute approximate surface area is 120 Å². The molecule has 1 amide bonds. The van der Waals surface area contributed by atoms with Gasteiger partial charge in [0.05, 0.1) is 6.42 Å². The molecule has 1 fully saturated rings. The fourth-order valence-electron chi connectivity index (χ4n) is 3.24. The number of carbonyl (C=O) groups excluding carboxylic acids is 1. The van der Waals surface area contributed by atoms with E-state index in [4.69, 9.17) is 0 Å². The minimum Gasteiger partial charge on any atom is -0.361 e. The number of piperidine rings is 1. The van der Waals surface area contributed by atoms with Crippen LogP contribution in [0.5, 0.6) is 0 Å². The topological polar surface area (TPSA) is 36.1 Å². The fraction of sp³-hybridized carbons (Fsp3) is 0.471. The number of fused-ring (bicyclic) bond motifs is 1. The van der Waals surface area contributed by atoms with Crippen LogP contribution in [0.1, 0.15) is 38.2 Å². The Morgan fingerprint density at radius 1 is 1.35 bits per heavy atom. The summed E-state index contributed by atoms with van der Waals surface area (Å²) in [5.74, 6) is 0.284. The van der Waals surface area contributed by atoms with Gasteiger partial charge >= 0.3 is 0 Å². The van der Waals surface area contributed by atoms with Crippen molar-refractivity contribution in [1.29, 1.82) is 0 Å². The number of hydrogen-bond acceptors (Lipinski definition) is 1. The molecule has 3 rings (SSSR count). The van der Waals surface area contributed by atoms with Crippen LogP contribution in [0.25, 0.3) is 10.9 Å². The van der Waals surface area contributed by atoms with E-state index in [1.165, 1.54) is 18.2 Å². The lowest BCUT2D eigenvalue weighted by Crippen LogP contribution is -2.44. The maximum Gasteiger partial charge on any atom is 0.227 e. The van der Waals surface area contributed by atoms with Crippen molar-refractivity contribution in [3.05, 3.63) is 36.0 Å². The maximum atomic E-state index is 12.5. The molecule has 1 aliphatic heterocycles. The predicted octanol–water partition coefficient (Wildman–Crippen LogP) is 3.50. The predicted molar refractivity (Wildman–Crippen MR) is 81.6 cm³/mol. The summed E-state index contributed by atoms with van der Waals surface area (Å²) in [7, 11) is 0. The van der Waals surface area contributed by atoms with Gasteiger partial charge in [-0.25, -0.2) is 0 Å². The molecule has 106 valence electrons. The van der Waals surface area contributed by atoms with Gasteiger partial charge in [-0.3, -0.25) is 4.79 Å². The first kappa shape index (κ1) is 13.2. The third-order valence-corrected chi connectivity index (χ3v) is 4.39. The van der Waals surface area contributed by atoms with Gasteiger partial charge in [0, 0.05) is 24.3 Å². The molecule has 0 spiro atoms. The number of H-pyrrole nitrogens is 1. The average Bonchev–Trinajstić information content (AvgIpc) is 2.94. The minimum absolute atomic E-state index is 0.284. The molecule has 1 N–H and O–H groups in total. The lowest BCUT2D eigenvalue weighted by atomic mass is 9.99. The van der Waals surface area contributed by atoms with Crippen molar-refractivity contribution in [1.82, 2.24) is 9.88 Å². The Bertz CT molecular complexity index is 602. The highest BCUT2D eigenvalue weighted by molar-refractivity contribution is 5.83. The van der Waals surface area contributed by atoms with E-state index in [0.29, 0.717) is 12.5 Å². The van der Waals surface area contributed by atoms with Crippen molar-refractivity contribution in [3.63, 3.8) is 0 Å². The second kappa shape index (κ2) is 5.70. The fourth-order valence-corrected chi connectivity index (χ4v) is 3.24. The molecule has 0 aliphatic carbocycles. The quantitative estimate of drug-likeness (QED) is 0.910. The first-order valence-electron chi connectivity index (χ1n) is 7.63. The van der Waals surface area contributed by atoms with Gasteiger partial charge in [-0.2, -0.15) is 0 Å². The number of carbonyl (C=O) groups is 1. The van der Waals surface area contributed by atoms with Crippen molar-refractivity contribution >= 4 is 16.8 Å². The summed E-state index contributed by atoms with van der Waals surface area (Å²) in [5, 5.41) is 1.18. The summed E-state index contributed by atoms with van der Waals surface area (Å²) < 4.78 is 0. The van der Waals surface area contributed by atoms with Gasteiger partial charge in [-0.05, 0) is 54.8 Å². The molecule has 0 bridgehead atoms. The van der Waals surface area contributed by atoms with Crippen LogP contribution in [0.4, 0.5) is 0 Å². The monoisotopic (exact) mass is 270 g/mol. The molecule has 1 aromatic carbocycles. The summed E-state index contributed by atoms with van der Waals surface area (Å²) in [6.07, 6.45) is 7.12. The Morgan fingerprint density at radius 2 is 2.25 bits per heavy atom. The van der Waals surface area contributed by atoms with Crippen LogP contribution in [0.2, 0.25) is 0 Å². The number of likely N-dealkylation sites (tertiary alicyclic amines) is 1. The first-order chi connectivity index (χ1) is 9.78. The van der Waals surface area contributed by atoms with Gasteiger partial charge in [-0.1, -0.05) is 13.0 Å². The summed E-state index contributed by atoms with van der Waals surface area (Å²) >= 11 is 0. The third-order valence-electron chi connectivity index (χ3n) is 4.39. The minimum atomic E-state index is 0.284. The zero-order valence-corrected chi connectivity index (χ0v) is 12.1. The van der Waals surface area contributed by atoms with Crippen LogP contribution in [0.3, 0.4) is 0 Å². The number of hydrogen-bond donors (Lipinski definition) is 1. The Morgan fingerprint density at radius 3 is 3.10 bits per heavy atom. The van der Waals surface area contributed by atoms with E-state index >= 15 is 0 Å². The van der Waals surface area contributed by atoms with E-state index in [1.807, 2.05) is 6.20 Å². The standard InChI is InChI=1S/C17H22N2O/c1-2-15-5-3-4-10-19(15)17(20)12-13-6-7-16-14(11-13)8-9-18-16/h6-9,11,15,18H,2-5,10,12H2,1H3. The highest BCUT2D eigenvalue weighted by atomic mass is 16.2. The SMILES string of the molecule is CCC1CCCCN1C(=O)Cc1ccc2[nH]ccc2c1. The van der Waals surface area contributed by atoms with Crippen molar-refractivity contribution in [3.8, 4) is 0 Å². The summed E-state index contributed by atoms with van der Waals surface area (Å²) in [6.45, 7) is 3.12. The molecule has 2 heterocycles. The Hall–Kier alpha value is -1.77. The lowest BCUT2D eigenvalue weighted by molar-refractivity contribution is -0.134. The van der Waals surface area contributed by atoms with Crippen LogP contribution in [0.15, 0.2) is 30.5 Å².